The van der Waals surface area contributed by atoms with Crippen molar-refractivity contribution in [3.8, 4) is 5.75 Å². The third kappa shape index (κ3) is 3.82. The van der Waals surface area contributed by atoms with Gasteiger partial charge in [-0.25, -0.2) is 0 Å². The molecule has 6 heteroatoms. The maximum Gasteiger partial charge on any atom is 0.466 e. The second kappa shape index (κ2) is 6.99. The SMILES string of the molecule is C=CCOc1ccccc1C(CC(=O)O)B1OC(C)(C)C(C)(C)O1. The Morgan fingerprint density at radius 3 is 2.42 bits per heavy atom. The molecule has 1 saturated heterocycles. The van der Waals surface area contributed by atoms with Crippen LogP contribution in [0.5, 0.6) is 5.75 Å². The summed E-state index contributed by atoms with van der Waals surface area (Å²) in [5.74, 6) is -0.754. The van der Waals surface area contributed by atoms with Crippen LogP contribution >= 0.6 is 0 Å². The zero-order valence-electron chi connectivity index (χ0n) is 14.7. The Kier molecular flexibility index (Phi) is 5.40. The first-order valence-corrected chi connectivity index (χ1v) is 8.08. The Morgan fingerprint density at radius 2 is 1.88 bits per heavy atom. The van der Waals surface area contributed by atoms with Crippen LogP contribution in [0.4, 0.5) is 0 Å². The molecule has 0 saturated carbocycles. The van der Waals surface area contributed by atoms with Crippen LogP contribution in [-0.4, -0.2) is 36.0 Å². The lowest BCUT2D eigenvalue weighted by molar-refractivity contribution is -0.137. The Bertz CT molecular complexity index is 595. The predicted molar refractivity (Wildman–Crippen MR) is 93.2 cm³/mol. The van der Waals surface area contributed by atoms with Crippen molar-refractivity contribution in [3.63, 3.8) is 0 Å². The number of benzene rings is 1. The predicted octanol–water partition coefficient (Wildman–Crippen LogP) is 3.44. The normalized spacial score (nSPS) is 19.8. The number of ether oxygens (including phenoxy) is 1. The highest BCUT2D eigenvalue weighted by molar-refractivity contribution is 6.48. The number of para-hydroxylation sites is 1. The third-order valence-corrected chi connectivity index (χ3v) is 4.67. The first-order valence-electron chi connectivity index (χ1n) is 8.08. The topological polar surface area (TPSA) is 65.0 Å². The average molecular weight is 332 g/mol. The van der Waals surface area contributed by atoms with Crippen LogP contribution in [0.3, 0.4) is 0 Å². The molecule has 1 aliphatic rings. The minimum atomic E-state index is -0.909. The zero-order chi connectivity index (χ0) is 18.0. The molecule has 1 atom stereocenters. The van der Waals surface area contributed by atoms with E-state index in [1.54, 1.807) is 6.08 Å². The molecule has 0 bridgehead atoms. The Morgan fingerprint density at radius 1 is 1.29 bits per heavy atom. The van der Waals surface area contributed by atoms with Gasteiger partial charge in [0.25, 0.3) is 0 Å². The maximum atomic E-state index is 11.4. The lowest BCUT2D eigenvalue weighted by Gasteiger charge is -2.32. The molecule has 24 heavy (non-hydrogen) atoms. The molecule has 1 aromatic rings. The summed E-state index contributed by atoms with van der Waals surface area (Å²) in [6, 6.07) is 7.39. The van der Waals surface area contributed by atoms with E-state index in [-0.39, 0.29) is 6.42 Å². The van der Waals surface area contributed by atoms with Gasteiger partial charge in [0.05, 0.1) is 17.6 Å². The van der Waals surface area contributed by atoms with Crippen molar-refractivity contribution in [1.82, 2.24) is 0 Å². The Balaban J connectivity index is 2.37. The summed E-state index contributed by atoms with van der Waals surface area (Å²) < 4.78 is 17.8. The van der Waals surface area contributed by atoms with Gasteiger partial charge in [0.15, 0.2) is 0 Å². The monoisotopic (exact) mass is 332 g/mol. The van der Waals surface area contributed by atoms with E-state index in [1.807, 2.05) is 52.0 Å². The highest BCUT2D eigenvalue weighted by Crippen LogP contribution is 2.43. The number of aliphatic carboxylic acids is 1. The van der Waals surface area contributed by atoms with Gasteiger partial charge in [-0.05, 0) is 39.3 Å². The van der Waals surface area contributed by atoms with Crippen LogP contribution in [-0.2, 0) is 14.1 Å². The molecule has 0 spiro atoms. The Labute approximate surface area is 143 Å². The van der Waals surface area contributed by atoms with Crippen LogP contribution in [0.1, 0.15) is 45.5 Å². The van der Waals surface area contributed by atoms with Crippen molar-refractivity contribution >= 4 is 13.1 Å². The van der Waals surface area contributed by atoms with Crippen molar-refractivity contribution < 1.29 is 23.9 Å². The van der Waals surface area contributed by atoms with Gasteiger partial charge in [0.1, 0.15) is 12.4 Å². The largest absolute Gasteiger partial charge is 0.489 e. The average Bonchev–Trinajstić information content (AvgIpc) is 2.71. The number of hydrogen-bond donors (Lipinski definition) is 1. The fourth-order valence-electron chi connectivity index (χ4n) is 2.66. The Hall–Kier alpha value is -1.79. The highest BCUT2D eigenvalue weighted by Gasteiger charge is 2.54. The number of carboxylic acids is 1. The molecule has 1 N–H and O–H groups in total. The molecule has 0 radical (unpaired) electrons. The van der Waals surface area contributed by atoms with Crippen molar-refractivity contribution in [2.45, 2.75) is 51.1 Å². The van der Waals surface area contributed by atoms with Gasteiger partial charge in [-0.15, -0.1) is 0 Å². The van der Waals surface area contributed by atoms with Crippen molar-refractivity contribution in [3.05, 3.63) is 42.5 Å². The number of carboxylic acid groups (broad SMARTS) is 1. The summed E-state index contributed by atoms with van der Waals surface area (Å²) in [4.78, 5) is 11.4. The quantitative estimate of drug-likeness (QED) is 0.612. The summed E-state index contributed by atoms with van der Waals surface area (Å²) >= 11 is 0. The molecule has 5 nitrogen and oxygen atoms in total. The molecule has 1 aliphatic heterocycles. The molecule has 0 aliphatic carbocycles. The minimum Gasteiger partial charge on any atom is -0.489 e. The molecular formula is C18H25BO5. The summed E-state index contributed by atoms with van der Waals surface area (Å²) in [7, 11) is -0.653. The van der Waals surface area contributed by atoms with Crippen LogP contribution in [0.15, 0.2) is 36.9 Å². The molecule has 0 amide bonds. The molecule has 1 unspecified atom stereocenters. The summed E-state index contributed by atoms with van der Waals surface area (Å²) in [6.45, 7) is 11.8. The summed E-state index contributed by atoms with van der Waals surface area (Å²) in [5.41, 5.74) is -0.281. The standard InChI is InChI=1S/C18H25BO5/c1-6-11-22-15-10-8-7-9-13(15)14(12-16(20)21)19-23-17(2,3)18(4,5)24-19/h6-10,14H,1,11-12H2,2-5H3,(H,20,21). The molecular weight excluding hydrogens is 307 g/mol. The van der Waals surface area contributed by atoms with E-state index in [0.29, 0.717) is 12.4 Å². The van der Waals surface area contributed by atoms with Crippen molar-refractivity contribution in [1.29, 1.82) is 0 Å². The molecule has 130 valence electrons. The van der Waals surface area contributed by atoms with E-state index in [9.17, 15) is 9.90 Å². The molecule has 0 aromatic heterocycles. The van der Waals surface area contributed by atoms with Crippen molar-refractivity contribution in [2.75, 3.05) is 6.61 Å². The highest BCUT2D eigenvalue weighted by atomic mass is 16.7. The summed E-state index contributed by atoms with van der Waals surface area (Å²) in [5, 5.41) is 9.36. The van der Waals surface area contributed by atoms with E-state index < -0.39 is 30.1 Å². The second-order valence-electron chi connectivity index (χ2n) is 6.97. The van der Waals surface area contributed by atoms with Gasteiger partial charge in [-0.3, -0.25) is 4.79 Å². The fraction of sp³-hybridized carbons (Fsp3) is 0.500. The van der Waals surface area contributed by atoms with Gasteiger partial charge in [-0.2, -0.15) is 0 Å². The van der Waals surface area contributed by atoms with E-state index in [2.05, 4.69) is 6.58 Å². The molecule has 1 heterocycles. The van der Waals surface area contributed by atoms with Crippen LogP contribution in [0.25, 0.3) is 0 Å². The first kappa shape index (κ1) is 18.6. The van der Waals surface area contributed by atoms with Gasteiger partial charge in [0, 0.05) is 5.82 Å². The van der Waals surface area contributed by atoms with Gasteiger partial charge in [0.2, 0.25) is 0 Å². The smallest absolute Gasteiger partial charge is 0.466 e. The van der Waals surface area contributed by atoms with E-state index in [4.69, 9.17) is 14.0 Å². The van der Waals surface area contributed by atoms with Gasteiger partial charge < -0.3 is 19.2 Å². The lowest BCUT2D eigenvalue weighted by atomic mass is 9.66. The van der Waals surface area contributed by atoms with E-state index in [1.165, 1.54) is 0 Å². The number of rotatable bonds is 7. The van der Waals surface area contributed by atoms with Gasteiger partial charge in [-0.1, -0.05) is 30.9 Å². The third-order valence-electron chi connectivity index (χ3n) is 4.67. The maximum absolute atomic E-state index is 11.4. The van der Waals surface area contributed by atoms with E-state index >= 15 is 0 Å². The zero-order valence-corrected chi connectivity index (χ0v) is 14.7. The van der Waals surface area contributed by atoms with Gasteiger partial charge >= 0.3 is 13.1 Å². The number of hydrogen-bond acceptors (Lipinski definition) is 4. The second-order valence-corrected chi connectivity index (χ2v) is 6.97. The molecule has 2 rings (SSSR count). The molecule has 1 aromatic carbocycles. The van der Waals surface area contributed by atoms with E-state index in [0.717, 1.165) is 5.56 Å². The minimum absolute atomic E-state index is 0.106. The number of carbonyl (C=O) groups is 1. The summed E-state index contributed by atoms with van der Waals surface area (Å²) in [6.07, 6.45) is 1.54. The molecule has 1 fully saturated rings. The van der Waals surface area contributed by atoms with Crippen molar-refractivity contribution in [2.24, 2.45) is 0 Å². The van der Waals surface area contributed by atoms with Crippen LogP contribution in [0, 0.1) is 0 Å². The lowest BCUT2D eigenvalue weighted by Crippen LogP contribution is -2.41. The van der Waals surface area contributed by atoms with Crippen LogP contribution in [0.2, 0.25) is 0 Å². The fourth-order valence-corrected chi connectivity index (χ4v) is 2.66. The van der Waals surface area contributed by atoms with Crippen LogP contribution < -0.4 is 4.74 Å². The first-order chi connectivity index (χ1) is 11.2.